The summed E-state index contributed by atoms with van der Waals surface area (Å²) < 4.78 is 0.731. The van der Waals surface area contributed by atoms with Gasteiger partial charge in [-0.05, 0) is 42.5 Å². The first-order valence-electron chi connectivity index (χ1n) is 9.01. The Morgan fingerprint density at radius 3 is 2.48 bits per heavy atom. The molecule has 5 rings (SSSR count). The van der Waals surface area contributed by atoms with Crippen molar-refractivity contribution in [3.05, 3.63) is 57.6 Å². The molecule has 1 aliphatic carbocycles. The molecule has 0 unspecified atom stereocenters. The number of rotatable bonds is 2. The van der Waals surface area contributed by atoms with Crippen LogP contribution in [0.1, 0.15) is 34.5 Å². The summed E-state index contributed by atoms with van der Waals surface area (Å²) in [6, 6.07) is 12.3. The summed E-state index contributed by atoms with van der Waals surface area (Å²) in [6.45, 7) is 0.888. The first-order chi connectivity index (χ1) is 13.1. The number of carbonyl (C=O) groups excluding carboxylic acids is 2. The lowest BCUT2D eigenvalue weighted by molar-refractivity contribution is -0.119. The Morgan fingerprint density at radius 1 is 1.19 bits per heavy atom. The molecule has 1 aliphatic heterocycles. The van der Waals surface area contributed by atoms with Gasteiger partial charge in [0.2, 0.25) is 5.91 Å². The smallest absolute Gasteiger partial charge is 0.267 e. The van der Waals surface area contributed by atoms with Crippen LogP contribution in [-0.2, 0) is 17.6 Å². The van der Waals surface area contributed by atoms with Gasteiger partial charge in [-0.3, -0.25) is 9.59 Å². The van der Waals surface area contributed by atoms with Gasteiger partial charge in [-0.2, -0.15) is 0 Å². The Bertz CT molecular complexity index is 930. The van der Waals surface area contributed by atoms with Gasteiger partial charge in [0, 0.05) is 24.4 Å². The van der Waals surface area contributed by atoms with Crippen LogP contribution >= 0.6 is 22.9 Å². The molecule has 2 amide bonds. The molecule has 0 saturated carbocycles. The fourth-order valence-corrected chi connectivity index (χ4v) is 4.63. The van der Waals surface area contributed by atoms with Crippen molar-refractivity contribution in [3.8, 4) is 0 Å². The lowest BCUT2D eigenvalue weighted by Crippen LogP contribution is -2.35. The monoisotopic (exact) mass is 401 g/mol. The second kappa shape index (κ2) is 7.74. The quantitative estimate of drug-likeness (QED) is 0.612. The first-order valence-corrected chi connectivity index (χ1v) is 10.2. The van der Waals surface area contributed by atoms with E-state index in [0.29, 0.717) is 5.69 Å². The summed E-state index contributed by atoms with van der Waals surface area (Å²) in [5.41, 5.74) is 3.27. The van der Waals surface area contributed by atoms with Crippen LogP contribution in [0.15, 0.2) is 36.4 Å². The zero-order valence-electron chi connectivity index (χ0n) is 14.7. The van der Waals surface area contributed by atoms with E-state index in [9.17, 15) is 9.59 Å². The topological polar surface area (TPSA) is 74.0 Å². The Morgan fingerprint density at radius 2 is 1.93 bits per heavy atom. The van der Waals surface area contributed by atoms with Gasteiger partial charge in [0.1, 0.15) is 10.5 Å². The fraction of sp³-hybridized carbons (Fsp3) is 0.300. The Balaban J connectivity index is 0.000000257. The van der Waals surface area contributed by atoms with Crippen LogP contribution in [0.2, 0.25) is 4.34 Å². The maximum atomic E-state index is 12.3. The van der Waals surface area contributed by atoms with Crippen molar-refractivity contribution in [1.82, 2.24) is 15.6 Å². The van der Waals surface area contributed by atoms with Crippen molar-refractivity contribution in [2.75, 3.05) is 6.54 Å². The van der Waals surface area contributed by atoms with Crippen LogP contribution in [0.4, 0.5) is 0 Å². The molecule has 140 valence electrons. The molecule has 7 heteroatoms. The summed E-state index contributed by atoms with van der Waals surface area (Å²) in [6.07, 6.45) is 3.57. The lowest BCUT2D eigenvalue weighted by Gasteiger charge is -2.10. The minimum absolute atomic E-state index is 0.0488. The number of benzene rings is 1. The number of thiophene rings is 1. The van der Waals surface area contributed by atoms with Crippen molar-refractivity contribution in [1.29, 1.82) is 0 Å². The van der Waals surface area contributed by atoms with E-state index in [1.807, 2.05) is 24.3 Å². The average Bonchev–Trinajstić information content (AvgIpc) is 3.38. The summed E-state index contributed by atoms with van der Waals surface area (Å²) in [7, 11) is 0. The van der Waals surface area contributed by atoms with Gasteiger partial charge in [0.15, 0.2) is 0 Å². The summed E-state index contributed by atoms with van der Waals surface area (Å²) in [5, 5.41) is 6.78. The van der Waals surface area contributed by atoms with Crippen LogP contribution in [0.3, 0.4) is 0 Å². The average molecular weight is 402 g/mol. The number of hydrogen-bond acceptors (Lipinski definition) is 3. The molecular formula is C20H20ClN3O2S. The lowest BCUT2D eigenvalue weighted by atomic mass is 10.1. The van der Waals surface area contributed by atoms with E-state index in [2.05, 4.69) is 27.8 Å². The van der Waals surface area contributed by atoms with Crippen molar-refractivity contribution in [2.45, 2.75) is 31.7 Å². The number of nitrogens with one attached hydrogen (secondary N) is 3. The van der Waals surface area contributed by atoms with Crippen LogP contribution in [0.25, 0.3) is 10.2 Å². The van der Waals surface area contributed by atoms with Gasteiger partial charge in [0.25, 0.3) is 5.91 Å². The molecule has 27 heavy (non-hydrogen) atoms. The molecule has 0 spiro atoms. The summed E-state index contributed by atoms with van der Waals surface area (Å²) >= 11 is 7.40. The molecule has 1 fully saturated rings. The van der Waals surface area contributed by atoms with Gasteiger partial charge in [-0.1, -0.05) is 35.9 Å². The van der Waals surface area contributed by atoms with E-state index < -0.39 is 0 Å². The van der Waals surface area contributed by atoms with E-state index >= 15 is 0 Å². The fourth-order valence-electron chi connectivity index (χ4n) is 3.50. The second-order valence-corrected chi connectivity index (χ2v) is 8.50. The number of fused-ring (bicyclic) bond motifs is 2. The Labute approximate surface area is 166 Å². The molecule has 3 heterocycles. The third-order valence-corrected chi connectivity index (χ3v) is 6.01. The first kappa shape index (κ1) is 18.1. The van der Waals surface area contributed by atoms with E-state index in [1.54, 1.807) is 0 Å². The highest BCUT2D eigenvalue weighted by molar-refractivity contribution is 7.22. The molecule has 2 aliphatic rings. The molecule has 1 aromatic carbocycles. The third kappa shape index (κ3) is 4.17. The predicted octanol–water partition coefficient (Wildman–Crippen LogP) is 3.68. The van der Waals surface area contributed by atoms with Crippen molar-refractivity contribution in [3.63, 3.8) is 0 Å². The van der Waals surface area contributed by atoms with Gasteiger partial charge >= 0.3 is 0 Å². The molecule has 0 atom stereocenters. The minimum Gasteiger partial charge on any atom is -0.356 e. The molecule has 3 N–H and O–H groups in total. The maximum Gasteiger partial charge on any atom is 0.267 e. The second-order valence-electron chi connectivity index (χ2n) is 6.82. The van der Waals surface area contributed by atoms with E-state index in [-0.39, 0.29) is 17.9 Å². The van der Waals surface area contributed by atoms with Gasteiger partial charge in [0.05, 0.1) is 4.34 Å². The number of amides is 2. The molecule has 0 bridgehead atoms. The highest BCUT2D eigenvalue weighted by atomic mass is 35.5. The van der Waals surface area contributed by atoms with Gasteiger partial charge < -0.3 is 15.6 Å². The van der Waals surface area contributed by atoms with Crippen LogP contribution < -0.4 is 10.6 Å². The molecule has 1 saturated heterocycles. The Hall–Kier alpha value is -2.31. The summed E-state index contributed by atoms with van der Waals surface area (Å²) in [5.74, 6) is 0.155. The van der Waals surface area contributed by atoms with Crippen LogP contribution in [0, 0.1) is 0 Å². The maximum absolute atomic E-state index is 12.3. The standard InChI is InChI=1S/C16H13ClN2OS.C4H7NO/c17-14-8-11-7-13(19-16(11)21-14)15(20)18-12-5-9-3-1-2-4-10(9)6-12;6-4-2-1-3-5-4/h1-4,7-8,12,19H,5-6H2,(H,18,20);1-3H2,(H,5,6). The SMILES string of the molecule is O=C(NC1Cc2ccccc2C1)c1cc2cc(Cl)sc2[nH]1.O=C1CCCN1. The van der Waals surface area contributed by atoms with Crippen molar-refractivity contribution < 1.29 is 9.59 Å². The molecule has 0 radical (unpaired) electrons. The number of hydrogen-bond donors (Lipinski definition) is 3. The zero-order valence-corrected chi connectivity index (χ0v) is 16.3. The number of halogens is 1. The minimum atomic E-state index is -0.0488. The van der Waals surface area contributed by atoms with Crippen molar-refractivity contribution in [2.24, 2.45) is 0 Å². The molecule has 5 nitrogen and oxygen atoms in total. The Kier molecular flexibility index (Phi) is 5.18. The highest BCUT2D eigenvalue weighted by Gasteiger charge is 2.23. The molecule has 3 aromatic rings. The van der Waals surface area contributed by atoms with Gasteiger partial charge in [-0.25, -0.2) is 0 Å². The summed E-state index contributed by atoms with van der Waals surface area (Å²) in [4.78, 5) is 26.5. The van der Waals surface area contributed by atoms with Crippen molar-refractivity contribution >= 4 is 45.0 Å². The number of aromatic amines is 1. The van der Waals surface area contributed by atoms with E-state index in [4.69, 9.17) is 11.6 Å². The number of aromatic nitrogens is 1. The zero-order chi connectivity index (χ0) is 18.8. The molecule has 2 aromatic heterocycles. The van der Waals surface area contributed by atoms with Gasteiger partial charge in [-0.15, -0.1) is 11.3 Å². The van der Waals surface area contributed by atoms with Crippen LogP contribution in [-0.4, -0.2) is 29.4 Å². The highest BCUT2D eigenvalue weighted by Crippen LogP contribution is 2.29. The van der Waals surface area contributed by atoms with Crippen LogP contribution in [0.5, 0.6) is 0 Å². The molecular weight excluding hydrogens is 382 g/mol. The van der Waals surface area contributed by atoms with E-state index in [0.717, 1.165) is 46.8 Å². The largest absolute Gasteiger partial charge is 0.356 e. The predicted molar refractivity (Wildman–Crippen MR) is 109 cm³/mol. The number of H-pyrrole nitrogens is 1. The number of carbonyl (C=O) groups is 2. The third-order valence-electron chi connectivity index (χ3n) is 4.81. The van der Waals surface area contributed by atoms with E-state index in [1.165, 1.54) is 22.5 Å². The normalized spacial score (nSPS) is 16.0.